The maximum absolute atomic E-state index is 5.50. The number of hydrogen-bond acceptors (Lipinski definition) is 5. The third-order valence-corrected chi connectivity index (χ3v) is 4.00. The molecule has 2 aromatic heterocycles. The maximum atomic E-state index is 5.50. The van der Waals surface area contributed by atoms with Crippen LogP contribution in [0.15, 0.2) is 0 Å². The van der Waals surface area contributed by atoms with Crippen molar-refractivity contribution in [2.75, 3.05) is 5.43 Å². The zero-order valence-corrected chi connectivity index (χ0v) is 9.32. The Bertz CT molecular complexity index is 532. The van der Waals surface area contributed by atoms with Gasteiger partial charge >= 0.3 is 0 Å². The summed E-state index contributed by atoms with van der Waals surface area (Å²) >= 11 is 1.78. The summed E-state index contributed by atoms with van der Waals surface area (Å²) in [6.07, 6.45) is 3.56. The average molecular weight is 220 g/mol. The topological polar surface area (TPSA) is 63.8 Å². The van der Waals surface area contributed by atoms with E-state index >= 15 is 0 Å². The van der Waals surface area contributed by atoms with E-state index in [9.17, 15) is 0 Å². The minimum atomic E-state index is 0.773. The molecule has 2 heterocycles. The number of hydrazine groups is 1. The Balaban J connectivity index is 2.39. The van der Waals surface area contributed by atoms with Crippen LogP contribution in [0.4, 0.5) is 5.82 Å². The molecule has 2 aromatic rings. The Morgan fingerprint density at radius 1 is 1.33 bits per heavy atom. The highest BCUT2D eigenvalue weighted by molar-refractivity contribution is 7.19. The van der Waals surface area contributed by atoms with Gasteiger partial charge in [0.05, 0.1) is 5.39 Å². The Morgan fingerprint density at radius 2 is 2.20 bits per heavy atom. The first-order valence-corrected chi connectivity index (χ1v) is 5.86. The zero-order chi connectivity index (χ0) is 10.4. The predicted octanol–water partition coefficient (Wildman–Crippen LogP) is 1.77. The summed E-state index contributed by atoms with van der Waals surface area (Å²) in [4.78, 5) is 11.3. The molecule has 0 saturated carbocycles. The molecule has 0 aliphatic heterocycles. The van der Waals surface area contributed by atoms with Crippen molar-refractivity contribution in [1.82, 2.24) is 9.97 Å². The Labute approximate surface area is 91.5 Å². The number of aromatic nitrogens is 2. The van der Waals surface area contributed by atoms with Gasteiger partial charge in [-0.15, -0.1) is 11.3 Å². The first kappa shape index (κ1) is 9.06. The van der Waals surface area contributed by atoms with Crippen molar-refractivity contribution in [3.8, 4) is 0 Å². The Morgan fingerprint density at radius 3 is 3.00 bits per heavy atom. The second-order valence-corrected chi connectivity index (χ2v) is 4.88. The van der Waals surface area contributed by atoms with Crippen LogP contribution < -0.4 is 11.3 Å². The van der Waals surface area contributed by atoms with E-state index in [0.717, 1.165) is 28.3 Å². The zero-order valence-electron chi connectivity index (χ0n) is 8.50. The predicted molar refractivity (Wildman–Crippen MR) is 62.0 cm³/mol. The number of thiophene rings is 1. The van der Waals surface area contributed by atoms with Crippen LogP contribution in [0.3, 0.4) is 0 Å². The number of anilines is 1. The van der Waals surface area contributed by atoms with Crippen molar-refractivity contribution in [2.45, 2.75) is 26.2 Å². The van der Waals surface area contributed by atoms with Crippen LogP contribution in [0.25, 0.3) is 10.2 Å². The van der Waals surface area contributed by atoms with E-state index < -0.39 is 0 Å². The molecule has 0 radical (unpaired) electrons. The number of nitrogen functional groups attached to an aromatic ring is 1. The van der Waals surface area contributed by atoms with Gasteiger partial charge in [0.1, 0.15) is 10.7 Å². The fourth-order valence-corrected chi connectivity index (χ4v) is 3.51. The smallest absolute Gasteiger partial charge is 0.152 e. The lowest BCUT2D eigenvalue weighted by molar-refractivity contribution is 0.916. The molecule has 0 fully saturated rings. The molecule has 1 aliphatic carbocycles. The first-order chi connectivity index (χ1) is 7.29. The van der Waals surface area contributed by atoms with Crippen LogP contribution in [0, 0.1) is 6.92 Å². The molecule has 0 saturated heterocycles. The van der Waals surface area contributed by atoms with Crippen molar-refractivity contribution in [1.29, 1.82) is 0 Å². The molecule has 3 rings (SSSR count). The third kappa shape index (κ3) is 1.23. The van der Waals surface area contributed by atoms with E-state index in [4.69, 9.17) is 5.84 Å². The lowest BCUT2D eigenvalue weighted by Gasteiger charge is -2.03. The summed E-state index contributed by atoms with van der Waals surface area (Å²) in [5.41, 5.74) is 4.09. The minimum Gasteiger partial charge on any atom is -0.308 e. The summed E-state index contributed by atoms with van der Waals surface area (Å²) in [7, 11) is 0. The van der Waals surface area contributed by atoms with E-state index in [1.807, 2.05) is 6.92 Å². The number of aryl methyl sites for hydroxylation is 3. The summed E-state index contributed by atoms with van der Waals surface area (Å²) in [6, 6.07) is 0. The summed E-state index contributed by atoms with van der Waals surface area (Å²) < 4.78 is 0. The molecule has 0 spiro atoms. The van der Waals surface area contributed by atoms with E-state index in [1.165, 1.54) is 23.3 Å². The molecule has 0 aromatic carbocycles. The number of nitrogens with two attached hydrogens (primary N) is 1. The van der Waals surface area contributed by atoms with Crippen LogP contribution in [-0.2, 0) is 12.8 Å². The van der Waals surface area contributed by atoms with Crippen molar-refractivity contribution < 1.29 is 0 Å². The van der Waals surface area contributed by atoms with Gasteiger partial charge in [0.2, 0.25) is 0 Å². The molecule has 4 nitrogen and oxygen atoms in total. The van der Waals surface area contributed by atoms with Gasteiger partial charge in [-0.05, 0) is 31.7 Å². The Kier molecular flexibility index (Phi) is 1.90. The van der Waals surface area contributed by atoms with Crippen molar-refractivity contribution in [3.05, 3.63) is 16.3 Å². The first-order valence-electron chi connectivity index (χ1n) is 5.05. The summed E-state index contributed by atoms with van der Waals surface area (Å²) in [6.45, 7) is 1.89. The van der Waals surface area contributed by atoms with Gasteiger partial charge in [-0.3, -0.25) is 0 Å². The Hall–Kier alpha value is -1.20. The van der Waals surface area contributed by atoms with Gasteiger partial charge in [-0.2, -0.15) is 0 Å². The molecule has 0 amide bonds. The number of nitrogens with zero attached hydrogens (tertiary/aromatic N) is 2. The van der Waals surface area contributed by atoms with Gasteiger partial charge in [0, 0.05) is 4.88 Å². The van der Waals surface area contributed by atoms with Crippen molar-refractivity contribution >= 4 is 27.4 Å². The molecular weight excluding hydrogens is 208 g/mol. The molecule has 1 aliphatic rings. The number of fused-ring (bicyclic) bond motifs is 3. The average Bonchev–Trinajstić information content (AvgIpc) is 2.75. The molecule has 5 heteroatoms. The van der Waals surface area contributed by atoms with E-state index in [2.05, 4.69) is 15.4 Å². The fourth-order valence-electron chi connectivity index (χ4n) is 2.21. The minimum absolute atomic E-state index is 0.773. The summed E-state index contributed by atoms with van der Waals surface area (Å²) in [5.74, 6) is 7.05. The van der Waals surface area contributed by atoms with E-state index in [1.54, 1.807) is 11.3 Å². The molecule has 0 bridgehead atoms. The quantitative estimate of drug-likeness (QED) is 0.568. The number of nitrogens with one attached hydrogen (secondary N) is 1. The SMILES string of the molecule is Cc1nc(NN)c2c3c(sc2n1)CCC3. The van der Waals surface area contributed by atoms with Crippen LogP contribution in [0.1, 0.15) is 22.7 Å². The standard InChI is InChI=1S/C10H12N4S/c1-5-12-9(14-11)8-6-3-2-4-7(6)15-10(8)13-5/h2-4,11H2,1H3,(H,12,13,14). The molecule has 3 N–H and O–H groups in total. The highest BCUT2D eigenvalue weighted by Gasteiger charge is 2.21. The van der Waals surface area contributed by atoms with Crippen molar-refractivity contribution in [3.63, 3.8) is 0 Å². The van der Waals surface area contributed by atoms with E-state index in [-0.39, 0.29) is 0 Å². The van der Waals surface area contributed by atoms with Gasteiger partial charge < -0.3 is 5.43 Å². The molecule has 0 atom stereocenters. The van der Waals surface area contributed by atoms with Crippen LogP contribution >= 0.6 is 11.3 Å². The molecular formula is C10H12N4S. The van der Waals surface area contributed by atoms with Crippen LogP contribution in [0.2, 0.25) is 0 Å². The number of hydrogen-bond donors (Lipinski definition) is 2. The number of rotatable bonds is 1. The van der Waals surface area contributed by atoms with Crippen molar-refractivity contribution in [2.24, 2.45) is 5.84 Å². The molecule has 15 heavy (non-hydrogen) atoms. The maximum Gasteiger partial charge on any atom is 0.152 e. The third-order valence-electron chi connectivity index (χ3n) is 2.81. The highest BCUT2D eigenvalue weighted by atomic mass is 32.1. The van der Waals surface area contributed by atoms with E-state index in [0.29, 0.717) is 0 Å². The lowest BCUT2D eigenvalue weighted by atomic mass is 10.2. The second kappa shape index (κ2) is 3.15. The largest absolute Gasteiger partial charge is 0.308 e. The van der Waals surface area contributed by atoms with Gasteiger partial charge in [-0.25, -0.2) is 15.8 Å². The van der Waals surface area contributed by atoms with Gasteiger partial charge in [0.25, 0.3) is 0 Å². The monoisotopic (exact) mass is 220 g/mol. The van der Waals surface area contributed by atoms with Crippen LogP contribution in [0.5, 0.6) is 0 Å². The normalized spacial score (nSPS) is 14.5. The second-order valence-electron chi connectivity index (χ2n) is 3.80. The fraction of sp³-hybridized carbons (Fsp3) is 0.400. The summed E-state index contributed by atoms with van der Waals surface area (Å²) in [5, 5.41) is 1.14. The lowest BCUT2D eigenvalue weighted by Crippen LogP contribution is -2.10. The van der Waals surface area contributed by atoms with Crippen LogP contribution in [-0.4, -0.2) is 9.97 Å². The van der Waals surface area contributed by atoms with Gasteiger partial charge in [0.15, 0.2) is 5.82 Å². The highest BCUT2D eigenvalue weighted by Crippen LogP contribution is 2.39. The molecule has 0 unspecified atom stereocenters. The molecule has 78 valence electrons. The van der Waals surface area contributed by atoms with Gasteiger partial charge in [-0.1, -0.05) is 0 Å².